The second kappa shape index (κ2) is 5.81. The number of hydrogen-bond acceptors (Lipinski definition) is 4. The first kappa shape index (κ1) is 17.2. The van der Waals surface area contributed by atoms with Gasteiger partial charge in [0.05, 0.1) is 8.81 Å². The summed E-state index contributed by atoms with van der Waals surface area (Å²) in [5.41, 5.74) is -0.616. The molecule has 1 aliphatic heterocycles. The first-order chi connectivity index (χ1) is 9.57. The molecule has 118 valence electrons. The first-order valence-electron chi connectivity index (χ1n) is 6.27. The molecule has 9 heteroatoms. The van der Waals surface area contributed by atoms with Crippen LogP contribution in [0.4, 0.5) is 0 Å². The average Bonchev–Trinajstić information content (AvgIpc) is 2.68. The predicted octanol–water partition coefficient (Wildman–Crippen LogP) is 3.43. The van der Waals surface area contributed by atoms with Crippen LogP contribution >= 0.6 is 38.9 Å². The zero-order valence-corrected chi connectivity index (χ0v) is 15.4. The SMILES string of the molecule is CC1(C)CCCN(S(=O)(=O)c2cc(Cl)c(Br)s2)C1C(=O)O. The molecule has 1 aliphatic rings. The van der Waals surface area contributed by atoms with E-state index in [2.05, 4.69) is 15.9 Å². The van der Waals surface area contributed by atoms with Crippen molar-refractivity contribution in [3.8, 4) is 0 Å². The number of carboxylic acid groups (broad SMARTS) is 1. The Morgan fingerprint density at radius 3 is 2.67 bits per heavy atom. The van der Waals surface area contributed by atoms with Gasteiger partial charge in [-0.15, -0.1) is 11.3 Å². The van der Waals surface area contributed by atoms with Gasteiger partial charge >= 0.3 is 5.97 Å². The molecule has 2 heterocycles. The molecule has 1 atom stereocenters. The average molecular weight is 417 g/mol. The van der Waals surface area contributed by atoms with Gasteiger partial charge in [-0.05, 0) is 40.3 Å². The molecule has 1 aromatic rings. The second-order valence-electron chi connectivity index (χ2n) is 5.64. The van der Waals surface area contributed by atoms with E-state index in [1.165, 1.54) is 6.07 Å². The van der Waals surface area contributed by atoms with Crippen molar-refractivity contribution >= 4 is 54.9 Å². The zero-order valence-electron chi connectivity index (χ0n) is 11.5. The number of carbonyl (C=O) groups is 1. The monoisotopic (exact) mass is 415 g/mol. The second-order valence-corrected chi connectivity index (χ2v) is 10.5. The largest absolute Gasteiger partial charge is 0.480 e. The molecule has 21 heavy (non-hydrogen) atoms. The number of nitrogens with zero attached hydrogens (tertiary/aromatic N) is 1. The molecule has 5 nitrogen and oxygen atoms in total. The van der Waals surface area contributed by atoms with E-state index in [1.54, 1.807) is 13.8 Å². The molecule has 0 saturated carbocycles. The highest BCUT2D eigenvalue weighted by Crippen LogP contribution is 2.41. The fourth-order valence-electron chi connectivity index (χ4n) is 2.63. The number of carboxylic acids is 1. The van der Waals surface area contributed by atoms with Gasteiger partial charge in [-0.3, -0.25) is 4.79 Å². The summed E-state index contributed by atoms with van der Waals surface area (Å²) in [6, 6.07) is 0.280. The first-order valence-corrected chi connectivity index (χ1v) is 9.69. The Hall–Kier alpha value is -0.150. The third-order valence-corrected chi connectivity index (χ3v) is 8.44. The van der Waals surface area contributed by atoms with Crippen molar-refractivity contribution in [1.29, 1.82) is 0 Å². The van der Waals surface area contributed by atoms with E-state index < -0.39 is 27.4 Å². The van der Waals surface area contributed by atoms with Crippen LogP contribution in [0.1, 0.15) is 26.7 Å². The maximum atomic E-state index is 12.7. The van der Waals surface area contributed by atoms with Crippen LogP contribution in [-0.2, 0) is 14.8 Å². The number of rotatable bonds is 3. The summed E-state index contributed by atoms with van der Waals surface area (Å²) in [5.74, 6) is -1.12. The molecule has 0 amide bonds. The fourth-order valence-corrected chi connectivity index (χ4v) is 6.93. The van der Waals surface area contributed by atoms with Crippen molar-refractivity contribution in [3.05, 3.63) is 14.9 Å². The highest BCUT2D eigenvalue weighted by atomic mass is 79.9. The molecule has 2 rings (SSSR count). The lowest BCUT2D eigenvalue weighted by Crippen LogP contribution is -2.56. The molecule has 1 saturated heterocycles. The topological polar surface area (TPSA) is 74.7 Å². The van der Waals surface area contributed by atoms with Gasteiger partial charge < -0.3 is 5.11 Å². The molecule has 0 aliphatic carbocycles. The van der Waals surface area contributed by atoms with Crippen LogP contribution in [0.5, 0.6) is 0 Å². The quantitative estimate of drug-likeness (QED) is 0.819. The van der Waals surface area contributed by atoms with Gasteiger partial charge in [0.15, 0.2) is 0 Å². The normalized spacial score (nSPS) is 23.1. The summed E-state index contributed by atoms with van der Waals surface area (Å²) >= 11 is 10.1. The number of piperidine rings is 1. The minimum absolute atomic E-state index is 0.0586. The number of aliphatic carboxylic acids is 1. The Balaban J connectivity index is 2.49. The van der Waals surface area contributed by atoms with E-state index in [9.17, 15) is 18.3 Å². The smallest absolute Gasteiger partial charge is 0.322 e. The van der Waals surface area contributed by atoms with Crippen LogP contribution < -0.4 is 0 Å². The molecule has 1 unspecified atom stereocenters. The van der Waals surface area contributed by atoms with Crippen LogP contribution in [0.15, 0.2) is 14.1 Å². The number of sulfonamides is 1. The molecule has 0 aromatic carbocycles. The van der Waals surface area contributed by atoms with Crippen LogP contribution in [0.3, 0.4) is 0 Å². The molecular weight excluding hydrogens is 402 g/mol. The van der Waals surface area contributed by atoms with Gasteiger partial charge in [-0.1, -0.05) is 25.4 Å². The minimum Gasteiger partial charge on any atom is -0.480 e. The fraction of sp³-hybridized carbons (Fsp3) is 0.583. The van der Waals surface area contributed by atoms with E-state index in [-0.39, 0.29) is 10.8 Å². The molecule has 0 spiro atoms. The summed E-state index contributed by atoms with van der Waals surface area (Å²) in [7, 11) is -3.87. The lowest BCUT2D eigenvalue weighted by Gasteiger charge is -2.42. The maximum absolute atomic E-state index is 12.7. The van der Waals surface area contributed by atoms with Gasteiger partial charge in [0.2, 0.25) is 0 Å². The van der Waals surface area contributed by atoms with E-state index in [4.69, 9.17) is 11.6 Å². The Kier molecular flexibility index (Phi) is 4.76. The third-order valence-electron chi connectivity index (χ3n) is 3.65. The lowest BCUT2D eigenvalue weighted by molar-refractivity contribution is -0.147. The number of hydrogen-bond donors (Lipinski definition) is 1. The van der Waals surface area contributed by atoms with Crippen LogP contribution in [-0.4, -0.2) is 36.4 Å². The molecule has 0 radical (unpaired) electrons. The zero-order chi connectivity index (χ0) is 16.0. The summed E-state index contributed by atoms with van der Waals surface area (Å²) in [6.07, 6.45) is 1.31. The van der Waals surface area contributed by atoms with Crippen LogP contribution in [0.25, 0.3) is 0 Å². The van der Waals surface area contributed by atoms with E-state index in [1.807, 2.05) is 0 Å². The molecule has 1 N–H and O–H groups in total. The van der Waals surface area contributed by atoms with Crippen molar-refractivity contribution in [2.24, 2.45) is 5.41 Å². The van der Waals surface area contributed by atoms with Crippen LogP contribution in [0, 0.1) is 5.41 Å². The Morgan fingerprint density at radius 1 is 1.57 bits per heavy atom. The van der Waals surface area contributed by atoms with Gasteiger partial charge in [-0.25, -0.2) is 8.42 Å². The van der Waals surface area contributed by atoms with Gasteiger partial charge in [-0.2, -0.15) is 4.31 Å². The number of thiophene rings is 1. The van der Waals surface area contributed by atoms with Crippen LogP contribution in [0.2, 0.25) is 5.02 Å². The number of halogens is 2. The van der Waals surface area contributed by atoms with Crippen molar-refractivity contribution in [2.45, 2.75) is 36.9 Å². The van der Waals surface area contributed by atoms with Gasteiger partial charge in [0, 0.05) is 6.54 Å². The van der Waals surface area contributed by atoms with Crippen molar-refractivity contribution < 1.29 is 18.3 Å². The highest BCUT2D eigenvalue weighted by molar-refractivity contribution is 9.11. The summed E-state index contributed by atoms with van der Waals surface area (Å²) in [4.78, 5) is 11.6. The molecule has 0 bridgehead atoms. The van der Waals surface area contributed by atoms with Gasteiger partial charge in [0.25, 0.3) is 10.0 Å². The van der Waals surface area contributed by atoms with Crippen molar-refractivity contribution in [2.75, 3.05) is 6.54 Å². The standard InChI is InChI=1S/C12H15BrClNO4S2/c1-12(2)4-3-5-15(9(12)11(16)17)21(18,19)8-6-7(14)10(13)20-8/h6,9H,3-5H2,1-2H3,(H,16,17). The molecule has 1 fully saturated rings. The molecule has 1 aromatic heterocycles. The third kappa shape index (κ3) is 3.14. The summed E-state index contributed by atoms with van der Waals surface area (Å²) in [5, 5.41) is 9.78. The predicted molar refractivity (Wildman–Crippen MR) is 85.4 cm³/mol. The van der Waals surface area contributed by atoms with E-state index in [0.29, 0.717) is 21.7 Å². The Bertz CT molecular complexity index is 651. The Labute approximate surface area is 141 Å². The Morgan fingerprint density at radius 2 is 2.19 bits per heavy atom. The summed E-state index contributed by atoms with van der Waals surface area (Å²) < 4.78 is 27.2. The maximum Gasteiger partial charge on any atom is 0.322 e. The summed E-state index contributed by atoms with van der Waals surface area (Å²) in [6.45, 7) is 3.77. The lowest BCUT2D eigenvalue weighted by atomic mass is 9.77. The highest BCUT2D eigenvalue weighted by Gasteiger charge is 2.48. The van der Waals surface area contributed by atoms with E-state index in [0.717, 1.165) is 15.6 Å². The van der Waals surface area contributed by atoms with Gasteiger partial charge in [0.1, 0.15) is 10.3 Å². The molecular formula is C12H15BrClNO4S2. The van der Waals surface area contributed by atoms with Crippen molar-refractivity contribution in [3.63, 3.8) is 0 Å². The van der Waals surface area contributed by atoms with E-state index >= 15 is 0 Å². The minimum atomic E-state index is -3.87. The van der Waals surface area contributed by atoms with Crippen molar-refractivity contribution in [1.82, 2.24) is 4.31 Å².